The molecule has 2 heterocycles. The van der Waals surface area contributed by atoms with Crippen molar-refractivity contribution in [3.05, 3.63) is 53.1 Å². The molecule has 2 aromatic carbocycles. The zero-order valence-corrected chi connectivity index (χ0v) is 20.0. The number of nitrogens with zero attached hydrogens (tertiary/aromatic N) is 3. The van der Waals surface area contributed by atoms with Gasteiger partial charge in [-0.05, 0) is 55.8 Å². The first-order valence-corrected chi connectivity index (χ1v) is 11.9. The fourth-order valence-corrected chi connectivity index (χ4v) is 5.06. The van der Waals surface area contributed by atoms with Gasteiger partial charge < -0.3 is 29.9 Å². The lowest BCUT2D eigenvalue weighted by atomic mass is 9.99. The van der Waals surface area contributed by atoms with Crippen LogP contribution in [0.1, 0.15) is 47.3 Å². The Morgan fingerprint density at radius 2 is 1.79 bits per heavy atom. The Labute approximate surface area is 197 Å². The molecular weight excluding hydrogens is 416 g/mol. The normalized spacial score (nSPS) is 17.3. The van der Waals surface area contributed by atoms with Crippen LogP contribution in [-0.4, -0.2) is 69.2 Å². The van der Waals surface area contributed by atoms with E-state index in [0.29, 0.717) is 24.6 Å². The van der Waals surface area contributed by atoms with Crippen LogP contribution >= 0.6 is 0 Å². The maximum absolute atomic E-state index is 13.6. The zero-order valence-electron chi connectivity index (χ0n) is 20.0. The van der Waals surface area contributed by atoms with Crippen molar-refractivity contribution >= 4 is 11.6 Å². The Balaban J connectivity index is 1.63. The molecule has 2 aromatic rings. The van der Waals surface area contributed by atoms with Gasteiger partial charge in [0, 0.05) is 49.5 Å². The molecule has 0 aliphatic carbocycles. The molecule has 2 N–H and O–H groups in total. The molecular formula is C26H36N4O3. The van der Waals surface area contributed by atoms with Gasteiger partial charge in [0.05, 0.1) is 20.3 Å². The topological polar surface area (TPSA) is 71.3 Å². The fourth-order valence-electron chi connectivity index (χ4n) is 5.06. The van der Waals surface area contributed by atoms with Gasteiger partial charge >= 0.3 is 0 Å². The molecule has 178 valence electrons. The second-order valence-corrected chi connectivity index (χ2v) is 8.72. The number of likely N-dealkylation sites (N-methyl/N-ethyl adjacent to an activating group) is 1. The van der Waals surface area contributed by atoms with Crippen LogP contribution in [0.2, 0.25) is 0 Å². The second kappa shape index (κ2) is 10.4. The van der Waals surface area contributed by atoms with Gasteiger partial charge in [-0.15, -0.1) is 0 Å². The van der Waals surface area contributed by atoms with Crippen molar-refractivity contribution in [2.45, 2.75) is 32.4 Å². The van der Waals surface area contributed by atoms with Gasteiger partial charge in [0.2, 0.25) is 0 Å². The predicted molar refractivity (Wildman–Crippen MR) is 131 cm³/mol. The highest BCUT2D eigenvalue weighted by Gasteiger charge is 2.36. The van der Waals surface area contributed by atoms with Crippen molar-refractivity contribution in [3.8, 4) is 11.5 Å². The third-order valence-electron chi connectivity index (χ3n) is 6.98. The number of carbonyl (C=O) groups is 1. The maximum atomic E-state index is 13.6. The lowest BCUT2D eigenvalue weighted by molar-refractivity contribution is 0.0689. The summed E-state index contributed by atoms with van der Waals surface area (Å²) in [6.07, 6.45) is 1.64. The summed E-state index contributed by atoms with van der Waals surface area (Å²) in [5.41, 5.74) is 10.1. The molecule has 1 atom stereocenters. The molecule has 0 aromatic heterocycles. The van der Waals surface area contributed by atoms with Gasteiger partial charge in [-0.25, -0.2) is 0 Å². The van der Waals surface area contributed by atoms with Gasteiger partial charge in [-0.3, -0.25) is 4.79 Å². The number of hydrogen-bond donors (Lipinski definition) is 1. The summed E-state index contributed by atoms with van der Waals surface area (Å²) < 4.78 is 10.9. The zero-order chi connectivity index (χ0) is 23.4. The van der Waals surface area contributed by atoms with Crippen LogP contribution < -0.4 is 20.1 Å². The second-order valence-electron chi connectivity index (χ2n) is 8.72. The number of benzene rings is 2. The van der Waals surface area contributed by atoms with Crippen molar-refractivity contribution in [1.82, 2.24) is 9.80 Å². The molecule has 0 spiro atoms. The van der Waals surface area contributed by atoms with Crippen LogP contribution in [0.15, 0.2) is 36.4 Å². The van der Waals surface area contributed by atoms with E-state index in [0.717, 1.165) is 62.3 Å². The summed E-state index contributed by atoms with van der Waals surface area (Å²) in [5, 5.41) is 0. The number of nitrogens with two attached hydrogens (primary N) is 1. The highest BCUT2D eigenvalue weighted by Crippen LogP contribution is 2.40. The Bertz CT molecular complexity index is 972. The molecule has 4 rings (SSSR count). The summed E-state index contributed by atoms with van der Waals surface area (Å²) >= 11 is 0. The van der Waals surface area contributed by atoms with E-state index in [-0.39, 0.29) is 11.9 Å². The third kappa shape index (κ3) is 4.66. The van der Waals surface area contributed by atoms with Crippen LogP contribution in [0.4, 0.5) is 5.69 Å². The summed E-state index contributed by atoms with van der Waals surface area (Å²) in [7, 11) is 3.27. The van der Waals surface area contributed by atoms with Gasteiger partial charge in [0.1, 0.15) is 0 Å². The van der Waals surface area contributed by atoms with Gasteiger partial charge in [-0.2, -0.15) is 0 Å². The van der Waals surface area contributed by atoms with Crippen LogP contribution in [0.5, 0.6) is 11.5 Å². The SMILES string of the molecule is CCN1CCN(c2cccc3c2CN([C@H](CCCN)c2ccc(OC)c(OC)c2)C3=O)CC1. The predicted octanol–water partition coefficient (Wildman–Crippen LogP) is 3.28. The van der Waals surface area contributed by atoms with E-state index in [2.05, 4.69) is 22.8 Å². The van der Waals surface area contributed by atoms with Crippen molar-refractivity contribution in [2.24, 2.45) is 5.73 Å². The van der Waals surface area contributed by atoms with Crippen molar-refractivity contribution in [2.75, 3.05) is 58.4 Å². The highest BCUT2D eigenvalue weighted by molar-refractivity contribution is 6.00. The smallest absolute Gasteiger partial charge is 0.255 e. The quantitative estimate of drug-likeness (QED) is 0.630. The molecule has 7 heteroatoms. The van der Waals surface area contributed by atoms with E-state index >= 15 is 0 Å². The molecule has 1 amide bonds. The Morgan fingerprint density at radius 3 is 2.45 bits per heavy atom. The Morgan fingerprint density at radius 1 is 1.03 bits per heavy atom. The average Bonchev–Trinajstić information content (AvgIpc) is 3.20. The first kappa shape index (κ1) is 23.4. The molecule has 1 saturated heterocycles. The minimum absolute atomic E-state index is 0.0713. The van der Waals surface area contributed by atoms with E-state index in [1.165, 1.54) is 5.69 Å². The first-order chi connectivity index (χ1) is 16.1. The Hall–Kier alpha value is -2.77. The van der Waals surface area contributed by atoms with E-state index in [4.69, 9.17) is 15.2 Å². The number of fused-ring (bicyclic) bond motifs is 1. The minimum Gasteiger partial charge on any atom is -0.493 e. The lowest BCUT2D eigenvalue weighted by Crippen LogP contribution is -2.46. The third-order valence-corrected chi connectivity index (χ3v) is 6.98. The van der Waals surface area contributed by atoms with E-state index in [1.54, 1.807) is 14.2 Å². The van der Waals surface area contributed by atoms with E-state index in [9.17, 15) is 4.79 Å². The van der Waals surface area contributed by atoms with Gasteiger partial charge in [0.15, 0.2) is 11.5 Å². The fraction of sp³-hybridized carbons (Fsp3) is 0.500. The number of piperazine rings is 1. The standard InChI is InChI=1S/C26H36N4O3/c1-4-28-13-15-29(16-14-28)23-8-5-7-20-21(23)18-30(26(20)31)22(9-6-12-27)19-10-11-24(32-2)25(17-19)33-3/h5,7-8,10-11,17,22H,4,6,9,12-16,18,27H2,1-3H3/t22-/m1/s1. The molecule has 0 radical (unpaired) electrons. The number of ether oxygens (including phenoxy) is 2. The number of anilines is 1. The van der Waals surface area contributed by atoms with E-state index < -0.39 is 0 Å². The summed E-state index contributed by atoms with van der Waals surface area (Å²) in [6.45, 7) is 8.59. The van der Waals surface area contributed by atoms with E-state index in [1.807, 2.05) is 35.2 Å². The van der Waals surface area contributed by atoms with Crippen LogP contribution in [-0.2, 0) is 6.54 Å². The molecule has 2 aliphatic heterocycles. The number of amides is 1. The number of hydrogen-bond acceptors (Lipinski definition) is 6. The molecule has 33 heavy (non-hydrogen) atoms. The summed E-state index contributed by atoms with van der Waals surface area (Å²) in [4.78, 5) is 20.5. The van der Waals surface area contributed by atoms with Gasteiger partial charge in [-0.1, -0.05) is 19.1 Å². The molecule has 7 nitrogen and oxygen atoms in total. The monoisotopic (exact) mass is 452 g/mol. The number of methoxy groups -OCH3 is 2. The molecule has 2 aliphatic rings. The molecule has 0 unspecified atom stereocenters. The van der Waals surface area contributed by atoms with Crippen LogP contribution in [0.25, 0.3) is 0 Å². The Kier molecular flexibility index (Phi) is 7.40. The van der Waals surface area contributed by atoms with Crippen molar-refractivity contribution in [1.29, 1.82) is 0 Å². The minimum atomic E-state index is -0.0713. The average molecular weight is 453 g/mol. The van der Waals surface area contributed by atoms with Crippen LogP contribution in [0, 0.1) is 0 Å². The molecule has 1 fully saturated rings. The number of carbonyl (C=O) groups excluding carboxylic acids is 1. The summed E-state index contributed by atoms with van der Waals surface area (Å²) in [5.74, 6) is 1.45. The number of rotatable bonds is 9. The first-order valence-electron chi connectivity index (χ1n) is 11.9. The lowest BCUT2D eigenvalue weighted by Gasteiger charge is -2.36. The van der Waals surface area contributed by atoms with Gasteiger partial charge in [0.25, 0.3) is 5.91 Å². The summed E-state index contributed by atoms with van der Waals surface area (Å²) in [6, 6.07) is 12.0. The molecule has 0 bridgehead atoms. The maximum Gasteiger partial charge on any atom is 0.255 e. The van der Waals surface area contributed by atoms with Crippen molar-refractivity contribution in [3.63, 3.8) is 0 Å². The molecule has 0 saturated carbocycles. The van der Waals surface area contributed by atoms with Crippen LogP contribution in [0.3, 0.4) is 0 Å². The largest absolute Gasteiger partial charge is 0.493 e. The van der Waals surface area contributed by atoms with Crippen molar-refractivity contribution < 1.29 is 14.3 Å². The highest BCUT2D eigenvalue weighted by atomic mass is 16.5.